The number of hydrogen-bond donors (Lipinski definition) is 1. The Morgan fingerprint density at radius 2 is 1.67 bits per heavy atom. The fraction of sp³-hybridized carbons (Fsp3) is 0.455. The van der Waals surface area contributed by atoms with Crippen LogP contribution in [0.2, 0.25) is 0 Å². The molecule has 2 N–H and O–H groups in total. The first kappa shape index (κ1) is 17.1. The second-order valence-corrected chi connectivity index (χ2v) is 3.54. The van der Waals surface area contributed by atoms with Crippen molar-refractivity contribution in [3.8, 4) is 0 Å². The number of rotatable bonds is 4. The van der Waals surface area contributed by atoms with Crippen molar-refractivity contribution >= 4 is 24.8 Å². The Kier molecular flexibility index (Phi) is 10.3. The van der Waals surface area contributed by atoms with Crippen molar-refractivity contribution < 1.29 is 0 Å². The first-order valence-electron chi connectivity index (χ1n) is 4.64. The number of likely N-dealkylation sites (N-methyl/N-ethyl adjacent to an activating group) is 1. The Bertz CT molecular complexity index is 240. The van der Waals surface area contributed by atoms with Gasteiger partial charge in [-0.25, -0.2) is 0 Å². The molecule has 1 aromatic carbocycles. The molecular formula is C11H20Cl2N2. The molecule has 0 saturated heterocycles. The Hall–Kier alpha value is -0.280. The minimum absolute atomic E-state index is 0. The lowest BCUT2D eigenvalue weighted by Crippen LogP contribution is -2.36. The predicted molar refractivity (Wildman–Crippen MR) is 71.2 cm³/mol. The summed E-state index contributed by atoms with van der Waals surface area (Å²) in [7, 11) is 4.14. The topological polar surface area (TPSA) is 29.3 Å². The van der Waals surface area contributed by atoms with E-state index in [1.54, 1.807) is 0 Å². The summed E-state index contributed by atoms with van der Waals surface area (Å²) < 4.78 is 0. The van der Waals surface area contributed by atoms with Crippen LogP contribution in [0.5, 0.6) is 0 Å². The van der Waals surface area contributed by atoms with Gasteiger partial charge in [-0.2, -0.15) is 0 Å². The SMILES string of the molecule is CN(C)C(CN)Cc1ccccc1.Cl.Cl. The predicted octanol–water partition coefficient (Wildman–Crippen LogP) is 1.96. The van der Waals surface area contributed by atoms with Crippen molar-refractivity contribution in [3.63, 3.8) is 0 Å². The summed E-state index contributed by atoms with van der Waals surface area (Å²) in [5.41, 5.74) is 7.03. The second-order valence-electron chi connectivity index (χ2n) is 3.54. The van der Waals surface area contributed by atoms with Gasteiger partial charge in [-0.3, -0.25) is 0 Å². The van der Waals surface area contributed by atoms with E-state index in [9.17, 15) is 0 Å². The van der Waals surface area contributed by atoms with E-state index in [1.165, 1.54) is 5.56 Å². The van der Waals surface area contributed by atoms with E-state index in [1.807, 2.05) is 6.07 Å². The highest BCUT2D eigenvalue weighted by Gasteiger charge is 2.08. The molecule has 88 valence electrons. The second kappa shape index (κ2) is 8.98. The standard InChI is InChI=1S/C11H18N2.2ClH/c1-13(2)11(9-12)8-10-6-4-3-5-7-10;;/h3-7,11H,8-9,12H2,1-2H3;2*1H. The summed E-state index contributed by atoms with van der Waals surface area (Å²) in [6, 6.07) is 10.9. The molecular weight excluding hydrogens is 231 g/mol. The number of benzene rings is 1. The van der Waals surface area contributed by atoms with E-state index in [0.717, 1.165) is 6.42 Å². The van der Waals surface area contributed by atoms with Gasteiger partial charge in [-0.05, 0) is 26.1 Å². The van der Waals surface area contributed by atoms with Crippen LogP contribution >= 0.6 is 24.8 Å². The largest absolute Gasteiger partial charge is 0.329 e. The molecule has 0 aliphatic heterocycles. The molecule has 1 atom stereocenters. The summed E-state index contributed by atoms with van der Waals surface area (Å²) in [6.07, 6.45) is 1.03. The first-order valence-corrected chi connectivity index (χ1v) is 4.64. The zero-order chi connectivity index (χ0) is 9.68. The van der Waals surface area contributed by atoms with Gasteiger partial charge < -0.3 is 10.6 Å². The molecule has 0 aromatic heterocycles. The van der Waals surface area contributed by atoms with E-state index in [4.69, 9.17) is 5.73 Å². The van der Waals surface area contributed by atoms with Gasteiger partial charge in [0.15, 0.2) is 0 Å². The molecule has 1 unspecified atom stereocenters. The molecule has 0 bridgehead atoms. The van der Waals surface area contributed by atoms with Crippen LogP contribution in [0, 0.1) is 0 Å². The third-order valence-corrected chi connectivity index (χ3v) is 2.32. The molecule has 0 amide bonds. The van der Waals surface area contributed by atoms with Crippen molar-refractivity contribution in [2.45, 2.75) is 12.5 Å². The maximum atomic E-state index is 5.68. The molecule has 1 rings (SSSR count). The highest BCUT2D eigenvalue weighted by molar-refractivity contribution is 5.85. The van der Waals surface area contributed by atoms with E-state index in [-0.39, 0.29) is 24.8 Å². The first-order chi connectivity index (χ1) is 6.24. The Labute approximate surface area is 105 Å². The fourth-order valence-corrected chi connectivity index (χ4v) is 1.36. The lowest BCUT2D eigenvalue weighted by atomic mass is 10.1. The van der Waals surface area contributed by atoms with Crippen LogP contribution in [0.1, 0.15) is 5.56 Å². The molecule has 0 aliphatic carbocycles. The van der Waals surface area contributed by atoms with Crippen LogP contribution in [0.15, 0.2) is 30.3 Å². The average Bonchev–Trinajstić information content (AvgIpc) is 2.15. The van der Waals surface area contributed by atoms with Gasteiger partial charge in [0.2, 0.25) is 0 Å². The van der Waals surface area contributed by atoms with Crippen LogP contribution in [0.3, 0.4) is 0 Å². The highest BCUT2D eigenvalue weighted by atomic mass is 35.5. The van der Waals surface area contributed by atoms with E-state index in [0.29, 0.717) is 12.6 Å². The van der Waals surface area contributed by atoms with Crippen LogP contribution < -0.4 is 5.73 Å². The zero-order valence-corrected chi connectivity index (χ0v) is 10.9. The van der Waals surface area contributed by atoms with Crippen molar-refractivity contribution in [3.05, 3.63) is 35.9 Å². The number of halogens is 2. The van der Waals surface area contributed by atoms with E-state index < -0.39 is 0 Å². The van der Waals surface area contributed by atoms with Crippen molar-refractivity contribution in [2.75, 3.05) is 20.6 Å². The minimum Gasteiger partial charge on any atom is -0.329 e. The van der Waals surface area contributed by atoms with Crippen molar-refractivity contribution in [1.29, 1.82) is 0 Å². The van der Waals surface area contributed by atoms with E-state index in [2.05, 4.69) is 43.3 Å². The summed E-state index contributed by atoms with van der Waals surface area (Å²) in [6.45, 7) is 0.710. The van der Waals surface area contributed by atoms with Gasteiger partial charge in [-0.15, -0.1) is 24.8 Å². The Morgan fingerprint density at radius 1 is 1.13 bits per heavy atom. The van der Waals surface area contributed by atoms with Crippen LogP contribution in [0.4, 0.5) is 0 Å². The lowest BCUT2D eigenvalue weighted by Gasteiger charge is -2.22. The monoisotopic (exact) mass is 250 g/mol. The summed E-state index contributed by atoms with van der Waals surface area (Å²) in [4.78, 5) is 2.17. The summed E-state index contributed by atoms with van der Waals surface area (Å²) in [5, 5.41) is 0. The third-order valence-electron chi connectivity index (χ3n) is 2.32. The molecule has 0 heterocycles. The number of nitrogens with zero attached hydrogens (tertiary/aromatic N) is 1. The van der Waals surface area contributed by atoms with Gasteiger partial charge in [0.1, 0.15) is 0 Å². The highest BCUT2D eigenvalue weighted by Crippen LogP contribution is 2.05. The van der Waals surface area contributed by atoms with Gasteiger partial charge in [0.05, 0.1) is 0 Å². The number of nitrogens with two attached hydrogens (primary N) is 1. The average molecular weight is 251 g/mol. The zero-order valence-electron chi connectivity index (χ0n) is 9.22. The quantitative estimate of drug-likeness (QED) is 0.886. The lowest BCUT2D eigenvalue weighted by molar-refractivity contribution is 0.298. The molecule has 1 aromatic rings. The Balaban J connectivity index is 0. The maximum absolute atomic E-state index is 5.68. The van der Waals surface area contributed by atoms with Gasteiger partial charge in [0.25, 0.3) is 0 Å². The van der Waals surface area contributed by atoms with Crippen LogP contribution in [-0.4, -0.2) is 31.6 Å². The Morgan fingerprint density at radius 3 is 2.07 bits per heavy atom. The molecule has 0 radical (unpaired) electrons. The van der Waals surface area contributed by atoms with Gasteiger partial charge in [-0.1, -0.05) is 30.3 Å². The van der Waals surface area contributed by atoms with Crippen molar-refractivity contribution in [2.24, 2.45) is 5.73 Å². The summed E-state index contributed by atoms with van der Waals surface area (Å²) >= 11 is 0. The molecule has 0 aliphatic rings. The van der Waals surface area contributed by atoms with Crippen LogP contribution in [0.25, 0.3) is 0 Å². The smallest absolute Gasteiger partial charge is 0.0252 e. The minimum atomic E-state index is 0. The molecule has 4 heteroatoms. The molecule has 0 spiro atoms. The molecule has 0 saturated carbocycles. The molecule has 2 nitrogen and oxygen atoms in total. The van der Waals surface area contributed by atoms with Crippen molar-refractivity contribution in [1.82, 2.24) is 4.90 Å². The van der Waals surface area contributed by atoms with Gasteiger partial charge >= 0.3 is 0 Å². The normalized spacial score (nSPS) is 11.5. The summed E-state index contributed by atoms with van der Waals surface area (Å²) in [5.74, 6) is 0. The van der Waals surface area contributed by atoms with Gasteiger partial charge in [0, 0.05) is 12.6 Å². The molecule has 15 heavy (non-hydrogen) atoms. The maximum Gasteiger partial charge on any atom is 0.0252 e. The number of hydrogen-bond acceptors (Lipinski definition) is 2. The molecule has 0 fully saturated rings. The fourth-order valence-electron chi connectivity index (χ4n) is 1.36. The third kappa shape index (κ3) is 6.00. The van der Waals surface area contributed by atoms with Crippen LogP contribution in [-0.2, 0) is 6.42 Å². The van der Waals surface area contributed by atoms with E-state index >= 15 is 0 Å².